The van der Waals surface area contributed by atoms with Crippen LogP contribution in [0.1, 0.15) is 36.1 Å². The molecule has 0 heterocycles. The summed E-state index contributed by atoms with van der Waals surface area (Å²) >= 11 is 6.40. The second-order valence-corrected chi connectivity index (χ2v) is 13.2. The maximum Gasteiger partial charge on any atom is 0.220 e. The SMILES string of the molecule is C[C@H](NC(=O)C[C@H](c1ccccc1Cl)[Si](C)(C)C)c1ccccc1. The van der Waals surface area contributed by atoms with Crippen molar-refractivity contribution in [3.8, 4) is 0 Å². The highest BCUT2D eigenvalue weighted by Crippen LogP contribution is 2.34. The molecule has 2 atom stereocenters. The summed E-state index contributed by atoms with van der Waals surface area (Å²) in [4.78, 5) is 12.6. The first-order chi connectivity index (χ1) is 11.3. The molecule has 4 heteroatoms. The van der Waals surface area contributed by atoms with E-state index in [2.05, 4.69) is 31.0 Å². The van der Waals surface area contributed by atoms with Gasteiger partial charge in [-0.05, 0) is 29.7 Å². The first-order valence-electron chi connectivity index (χ1n) is 8.37. The second-order valence-electron chi connectivity index (χ2n) is 7.34. The van der Waals surface area contributed by atoms with Crippen LogP contribution in [0.3, 0.4) is 0 Å². The minimum Gasteiger partial charge on any atom is -0.350 e. The van der Waals surface area contributed by atoms with E-state index in [0.29, 0.717) is 6.42 Å². The van der Waals surface area contributed by atoms with Gasteiger partial charge in [0.05, 0.1) is 14.1 Å². The molecule has 2 aromatic rings. The Kier molecular flexibility index (Phi) is 6.25. The molecule has 1 amide bonds. The fraction of sp³-hybridized carbons (Fsp3) is 0.350. The predicted octanol–water partition coefficient (Wildman–Crippen LogP) is 5.57. The standard InChI is InChI=1S/C20H26ClNOSi/c1-15(16-10-6-5-7-11-16)22-20(23)14-19(24(2,3)4)17-12-8-9-13-18(17)21/h5-13,15,19H,14H2,1-4H3,(H,22,23)/t15-,19+/m0/s1. The third kappa shape index (κ3) is 4.95. The smallest absolute Gasteiger partial charge is 0.220 e. The van der Waals surface area contributed by atoms with Crippen molar-refractivity contribution in [2.75, 3.05) is 0 Å². The molecule has 0 bridgehead atoms. The lowest BCUT2D eigenvalue weighted by molar-refractivity contribution is -0.121. The van der Waals surface area contributed by atoms with E-state index < -0.39 is 8.07 Å². The molecule has 0 fully saturated rings. The van der Waals surface area contributed by atoms with Crippen LogP contribution in [0.25, 0.3) is 0 Å². The van der Waals surface area contributed by atoms with E-state index in [-0.39, 0.29) is 17.5 Å². The Morgan fingerprint density at radius 3 is 2.21 bits per heavy atom. The van der Waals surface area contributed by atoms with Gasteiger partial charge in [0.15, 0.2) is 0 Å². The van der Waals surface area contributed by atoms with Crippen molar-refractivity contribution in [3.05, 3.63) is 70.7 Å². The molecule has 2 rings (SSSR count). The number of nitrogens with one attached hydrogen (secondary N) is 1. The van der Waals surface area contributed by atoms with Crippen molar-refractivity contribution in [2.45, 2.75) is 44.6 Å². The molecule has 1 N–H and O–H groups in total. The summed E-state index contributed by atoms with van der Waals surface area (Å²) in [5.41, 5.74) is 2.42. The molecule has 2 aromatic carbocycles. The lowest BCUT2D eigenvalue weighted by Crippen LogP contribution is -2.36. The molecule has 0 spiro atoms. The summed E-state index contributed by atoms with van der Waals surface area (Å²) in [5, 5.41) is 3.89. The number of hydrogen-bond donors (Lipinski definition) is 1. The highest BCUT2D eigenvalue weighted by atomic mass is 35.5. The first kappa shape index (κ1) is 18.8. The van der Waals surface area contributed by atoms with Crippen molar-refractivity contribution in [2.24, 2.45) is 0 Å². The summed E-state index contributed by atoms with van der Waals surface area (Å²) in [5.74, 6) is 0.0821. The van der Waals surface area contributed by atoms with Gasteiger partial charge in [-0.2, -0.15) is 0 Å². The van der Waals surface area contributed by atoms with Gasteiger partial charge in [0.25, 0.3) is 0 Å². The van der Waals surface area contributed by atoms with Crippen LogP contribution in [-0.4, -0.2) is 14.0 Å². The average molecular weight is 360 g/mol. The molecule has 0 aliphatic carbocycles. The zero-order valence-corrected chi connectivity index (χ0v) is 16.6. The van der Waals surface area contributed by atoms with Crippen molar-refractivity contribution < 1.29 is 4.79 Å². The number of amides is 1. The molecule has 0 unspecified atom stereocenters. The Labute approximate surface area is 151 Å². The topological polar surface area (TPSA) is 29.1 Å². The van der Waals surface area contributed by atoms with Gasteiger partial charge in [-0.25, -0.2) is 0 Å². The Bertz CT molecular complexity index is 682. The number of halogens is 1. The summed E-state index contributed by atoms with van der Waals surface area (Å²) in [6.45, 7) is 8.88. The van der Waals surface area contributed by atoms with Crippen molar-refractivity contribution in [1.82, 2.24) is 5.32 Å². The second kappa shape index (κ2) is 7.99. The number of benzene rings is 2. The Morgan fingerprint density at radius 2 is 1.62 bits per heavy atom. The van der Waals surface area contributed by atoms with E-state index in [0.717, 1.165) is 16.1 Å². The normalized spacial score (nSPS) is 14.0. The van der Waals surface area contributed by atoms with Crippen LogP contribution in [0.2, 0.25) is 24.7 Å². The highest BCUT2D eigenvalue weighted by molar-refractivity contribution is 6.77. The van der Waals surface area contributed by atoms with Crippen molar-refractivity contribution in [3.63, 3.8) is 0 Å². The van der Waals surface area contributed by atoms with Crippen LogP contribution < -0.4 is 5.32 Å². The summed E-state index contributed by atoms with van der Waals surface area (Å²) in [6, 6.07) is 17.9. The monoisotopic (exact) mass is 359 g/mol. The molecule has 24 heavy (non-hydrogen) atoms. The largest absolute Gasteiger partial charge is 0.350 e. The van der Waals surface area contributed by atoms with E-state index in [4.69, 9.17) is 11.6 Å². The molecule has 128 valence electrons. The van der Waals surface area contributed by atoms with Gasteiger partial charge in [-0.15, -0.1) is 0 Å². The predicted molar refractivity (Wildman–Crippen MR) is 105 cm³/mol. The third-order valence-electron chi connectivity index (χ3n) is 4.39. The first-order valence-corrected chi connectivity index (χ1v) is 12.3. The average Bonchev–Trinajstić information content (AvgIpc) is 2.53. The lowest BCUT2D eigenvalue weighted by atomic mass is 10.1. The minimum absolute atomic E-state index is 0.00669. The zero-order chi connectivity index (χ0) is 17.7. The Balaban J connectivity index is 2.13. The van der Waals surface area contributed by atoms with Crippen LogP contribution in [0.4, 0.5) is 0 Å². The maximum absolute atomic E-state index is 12.6. The number of carbonyl (C=O) groups excluding carboxylic acids is 1. The van der Waals surface area contributed by atoms with Gasteiger partial charge in [-0.1, -0.05) is 79.8 Å². The molecule has 0 aliphatic heterocycles. The summed E-state index contributed by atoms with van der Waals surface area (Å²) in [6.07, 6.45) is 0.483. The van der Waals surface area contributed by atoms with Gasteiger partial charge in [0, 0.05) is 11.4 Å². The van der Waals surface area contributed by atoms with Crippen LogP contribution >= 0.6 is 11.6 Å². The number of rotatable bonds is 6. The highest BCUT2D eigenvalue weighted by Gasteiger charge is 2.31. The molecular weight excluding hydrogens is 334 g/mol. The van der Waals surface area contributed by atoms with E-state index in [1.54, 1.807) is 0 Å². The van der Waals surface area contributed by atoms with Crippen molar-refractivity contribution >= 4 is 25.6 Å². The van der Waals surface area contributed by atoms with Crippen LogP contribution in [0.5, 0.6) is 0 Å². The number of carbonyl (C=O) groups is 1. The van der Waals surface area contributed by atoms with Gasteiger partial charge in [0.2, 0.25) is 5.91 Å². The van der Waals surface area contributed by atoms with E-state index in [9.17, 15) is 4.79 Å². The fourth-order valence-electron chi connectivity index (χ4n) is 2.95. The molecule has 0 aliphatic rings. The lowest BCUT2D eigenvalue weighted by Gasteiger charge is -2.30. The molecular formula is C20H26ClNOSi. The van der Waals surface area contributed by atoms with Gasteiger partial charge < -0.3 is 5.32 Å². The van der Waals surface area contributed by atoms with Crippen LogP contribution in [-0.2, 0) is 4.79 Å². The summed E-state index contributed by atoms with van der Waals surface area (Å²) in [7, 11) is -1.60. The molecule has 0 saturated carbocycles. The molecule has 2 nitrogen and oxygen atoms in total. The zero-order valence-electron chi connectivity index (χ0n) is 14.8. The quantitative estimate of drug-likeness (QED) is 0.671. The minimum atomic E-state index is -1.60. The summed E-state index contributed by atoms with van der Waals surface area (Å²) < 4.78 is 0. The third-order valence-corrected chi connectivity index (χ3v) is 7.34. The van der Waals surface area contributed by atoms with Crippen LogP contribution in [0.15, 0.2) is 54.6 Å². The molecule has 0 aromatic heterocycles. The number of hydrogen-bond acceptors (Lipinski definition) is 1. The van der Waals surface area contributed by atoms with Crippen LogP contribution in [0, 0.1) is 0 Å². The fourth-order valence-corrected chi connectivity index (χ4v) is 5.29. The Hall–Kier alpha value is -1.58. The maximum atomic E-state index is 12.6. The van der Waals surface area contributed by atoms with Gasteiger partial charge >= 0.3 is 0 Å². The van der Waals surface area contributed by atoms with Gasteiger partial charge in [-0.3, -0.25) is 4.79 Å². The van der Waals surface area contributed by atoms with E-state index >= 15 is 0 Å². The van der Waals surface area contributed by atoms with Gasteiger partial charge in [0.1, 0.15) is 0 Å². The van der Waals surface area contributed by atoms with Crippen molar-refractivity contribution in [1.29, 1.82) is 0 Å². The molecule has 0 radical (unpaired) electrons. The van der Waals surface area contributed by atoms with E-state index in [1.165, 1.54) is 0 Å². The van der Waals surface area contributed by atoms with E-state index in [1.807, 2.05) is 55.5 Å². The Morgan fingerprint density at radius 1 is 1.04 bits per heavy atom. The molecule has 0 saturated heterocycles.